The van der Waals surface area contributed by atoms with Gasteiger partial charge < -0.3 is 4.18 Å². The van der Waals surface area contributed by atoms with Gasteiger partial charge in [-0.3, -0.25) is 10.1 Å². The Labute approximate surface area is 115 Å². The van der Waals surface area contributed by atoms with Crippen molar-refractivity contribution in [2.45, 2.75) is 11.8 Å². The summed E-state index contributed by atoms with van der Waals surface area (Å²) in [5, 5.41) is 10.7. The molecule has 0 unspecified atom stereocenters. The Morgan fingerprint density at radius 3 is 2.35 bits per heavy atom. The van der Waals surface area contributed by atoms with Crippen LogP contribution in [0.4, 0.5) is 5.69 Å². The first-order chi connectivity index (χ1) is 9.40. The number of nitro groups is 1. The van der Waals surface area contributed by atoms with Crippen molar-refractivity contribution < 1.29 is 17.5 Å². The molecule has 2 aromatic rings. The number of nitrogens with zero attached hydrogens (tertiary/aromatic N) is 1. The molecular formula is C13H11NO5S. The fourth-order valence-corrected chi connectivity index (χ4v) is 2.80. The van der Waals surface area contributed by atoms with Gasteiger partial charge in [-0.2, -0.15) is 8.42 Å². The van der Waals surface area contributed by atoms with Gasteiger partial charge in [0.15, 0.2) is 0 Å². The van der Waals surface area contributed by atoms with E-state index in [2.05, 4.69) is 0 Å². The number of rotatable bonds is 4. The van der Waals surface area contributed by atoms with Crippen LogP contribution >= 0.6 is 0 Å². The average molecular weight is 293 g/mol. The smallest absolute Gasteiger partial charge is 0.339 e. The number of nitro benzene ring substituents is 1. The molecule has 0 N–H and O–H groups in total. The molecule has 0 bridgehead atoms. The monoisotopic (exact) mass is 293 g/mol. The molecule has 0 aromatic heterocycles. The van der Waals surface area contributed by atoms with E-state index in [4.69, 9.17) is 4.18 Å². The molecule has 6 nitrogen and oxygen atoms in total. The summed E-state index contributed by atoms with van der Waals surface area (Å²) >= 11 is 0. The molecule has 7 heteroatoms. The summed E-state index contributed by atoms with van der Waals surface area (Å²) < 4.78 is 29.3. The largest absolute Gasteiger partial charge is 0.379 e. The van der Waals surface area contributed by atoms with E-state index in [-0.39, 0.29) is 16.3 Å². The average Bonchev–Trinajstić information content (AvgIpc) is 2.39. The molecule has 0 aliphatic heterocycles. The lowest BCUT2D eigenvalue weighted by Gasteiger charge is -2.08. The third-order valence-corrected chi connectivity index (χ3v) is 3.99. The van der Waals surface area contributed by atoms with Crippen LogP contribution in [-0.2, 0) is 10.1 Å². The van der Waals surface area contributed by atoms with Gasteiger partial charge in [0, 0.05) is 12.1 Å². The van der Waals surface area contributed by atoms with Crippen molar-refractivity contribution >= 4 is 15.8 Å². The number of non-ortho nitro benzene ring substituents is 1. The van der Waals surface area contributed by atoms with E-state index in [9.17, 15) is 18.5 Å². The third kappa shape index (κ3) is 2.94. The van der Waals surface area contributed by atoms with Gasteiger partial charge in [-0.1, -0.05) is 24.3 Å². The number of hydrogen-bond donors (Lipinski definition) is 0. The molecule has 0 spiro atoms. The Hall–Kier alpha value is -2.41. The summed E-state index contributed by atoms with van der Waals surface area (Å²) in [6.07, 6.45) is 0. The zero-order valence-corrected chi connectivity index (χ0v) is 11.3. The second kappa shape index (κ2) is 5.30. The highest BCUT2D eigenvalue weighted by molar-refractivity contribution is 7.87. The third-order valence-electron chi connectivity index (χ3n) is 2.60. The van der Waals surface area contributed by atoms with Crippen LogP contribution in [-0.4, -0.2) is 13.3 Å². The molecule has 2 aromatic carbocycles. The van der Waals surface area contributed by atoms with Crippen molar-refractivity contribution in [3.8, 4) is 5.75 Å². The molecule has 20 heavy (non-hydrogen) atoms. The van der Waals surface area contributed by atoms with Crippen LogP contribution in [0.25, 0.3) is 0 Å². The van der Waals surface area contributed by atoms with E-state index in [1.54, 1.807) is 25.1 Å². The molecule has 0 radical (unpaired) electrons. The lowest BCUT2D eigenvalue weighted by Crippen LogP contribution is -2.11. The number of para-hydroxylation sites is 1. The Morgan fingerprint density at radius 1 is 1.10 bits per heavy atom. The van der Waals surface area contributed by atoms with Gasteiger partial charge in [0.05, 0.1) is 4.92 Å². The van der Waals surface area contributed by atoms with Gasteiger partial charge in [-0.25, -0.2) is 0 Å². The number of benzene rings is 2. The molecule has 0 fully saturated rings. The SMILES string of the molecule is Cc1ccc([N+](=O)[O-])cc1S(=O)(=O)Oc1ccccc1. The number of hydrogen-bond acceptors (Lipinski definition) is 5. The van der Waals surface area contributed by atoms with E-state index in [1.807, 2.05) is 0 Å². The molecule has 0 heterocycles. The van der Waals surface area contributed by atoms with Gasteiger partial charge in [0.1, 0.15) is 10.6 Å². The van der Waals surface area contributed by atoms with Gasteiger partial charge in [-0.05, 0) is 24.6 Å². The summed E-state index contributed by atoms with van der Waals surface area (Å²) in [4.78, 5) is 9.86. The molecule has 0 aliphatic carbocycles. The second-order valence-corrected chi connectivity index (χ2v) is 5.57. The second-order valence-electron chi connectivity index (χ2n) is 4.06. The van der Waals surface area contributed by atoms with Crippen LogP contribution in [0.3, 0.4) is 0 Å². The summed E-state index contributed by atoms with van der Waals surface area (Å²) in [5.41, 5.74) is 0.0809. The van der Waals surface area contributed by atoms with Crippen LogP contribution in [0.1, 0.15) is 5.56 Å². The van der Waals surface area contributed by atoms with Crippen LogP contribution < -0.4 is 4.18 Å². The molecule has 0 atom stereocenters. The maximum atomic E-state index is 12.2. The molecule has 0 saturated carbocycles. The van der Waals surface area contributed by atoms with Gasteiger partial charge in [0.25, 0.3) is 5.69 Å². The van der Waals surface area contributed by atoms with E-state index in [1.165, 1.54) is 24.3 Å². The van der Waals surface area contributed by atoms with E-state index in [0.717, 1.165) is 6.07 Å². The predicted molar refractivity (Wildman–Crippen MR) is 72.1 cm³/mol. The number of aryl methyl sites for hydroxylation is 1. The molecule has 0 aliphatic rings. The fraction of sp³-hybridized carbons (Fsp3) is 0.0769. The van der Waals surface area contributed by atoms with Crippen LogP contribution in [0.2, 0.25) is 0 Å². The van der Waals surface area contributed by atoms with Crippen molar-refractivity contribution in [1.29, 1.82) is 0 Å². The minimum absolute atomic E-state index is 0.151. The molecule has 0 amide bonds. The van der Waals surface area contributed by atoms with Crippen LogP contribution in [0, 0.1) is 17.0 Å². The van der Waals surface area contributed by atoms with E-state index < -0.39 is 15.0 Å². The molecule has 0 saturated heterocycles. The first-order valence-electron chi connectivity index (χ1n) is 5.65. The maximum Gasteiger partial charge on any atom is 0.339 e. The van der Waals surface area contributed by atoms with Crippen LogP contribution in [0.15, 0.2) is 53.4 Å². The predicted octanol–water partition coefficient (Wildman–Crippen LogP) is 2.67. The zero-order chi connectivity index (χ0) is 14.8. The molecule has 104 valence electrons. The van der Waals surface area contributed by atoms with Crippen molar-refractivity contribution in [3.05, 3.63) is 64.2 Å². The Kier molecular flexibility index (Phi) is 3.71. The minimum atomic E-state index is -4.10. The standard InChI is InChI=1S/C13H11NO5S/c1-10-7-8-11(14(15)16)9-13(10)20(17,18)19-12-5-3-2-4-6-12/h2-9H,1H3. The highest BCUT2D eigenvalue weighted by atomic mass is 32.2. The Balaban J connectivity index is 2.44. The highest BCUT2D eigenvalue weighted by Gasteiger charge is 2.22. The Morgan fingerprint density at radius 2 is 1.75 bits per heavy atom. The summed E-state index contributed by atoms with van der Waals surface area (Å²) in [6.45, 7) is 1.55. The lowest BCUT2D eigenvalue weighted by molar-refractivity contribution is -0.385. The van der Waals surface area contributed by atoms with Crippen molar-refractivity contribution in [2.24, 2.45) is 0 Å². The molecule has 2 rings (SSSR count). The van der Waals surface area contributed by atoms with Gasteiger partial charge >= 0.3 is 10.1 Å². The van der Waals surface area contributed by atoms with E-state index >= 15 is 0 Å². The van der Waals surface area contributed by atoms with Crippen LogP contribution in [0.5, 0.6) is 5.75 Å². The topological polar surface area (TPSA) is 86.5 Å². The van der Waals surface area contributed by atoms with Crippen molar-refractivity contribution in [1.82, 2.24) is 0 Å². The first-order valence-corrected chi connectivity index (χ1v) is 7.05. The normalized spacial score (nSPS) is 11.1. The van der Waals surface area contributed by atoms with Gasteiger partial charge in [-0.15, -0.1) is 0 Å². The van der Waals surface area contributed by atoms with Crippen molar-refractivity contribution in [3.63, 3.8) is 0 Å². The van der Waals surface area contributed by atoms with Crippen molar-refractivity contribution in [2.75, 3.05) is 0 Å². The van der Waals surface area contributed by atoms with E-state index in [0.29, 0.717) is 5.56 Å². The Bertz CT molecular complexity index is 741. The zero-order valence-electron chi connectivity index (χ0n) is 10.5. The quantitative estimate of drug-likeness (QED) is 0.491. The van der Waals surface area contributed by atoms with Gasteiger partial charge in [0.2, 0.25) is 0 Å². The first kappa shape index (κ1) is 14.0. The lowest BCUT2D eigenvalue weighted by atomic mass is 10.2. The highest BCUT2D eigenvalue weighted by Crippen LogP contribution is 2.24. The molecular weight excluding hydrogens is 282 g/mol. The summed E-state index contributed by atoms with van der Waals surface area (Å²) in [7, 11) is -4.10. The summed E-state index contributed by atoms with van der Waals surface area (Å²) in [6, 6.07) is 11.6. The fourth-order valence-electron chi connectivity index (χ4n) is 1.62. The minimum Gasteiger partial charge on any atom is -0.379 e. The summed E-state index contributed by atoms with van der Waals surface area (Å²) in [5.74, 6) is 0.151. The maximum absolute atomic E-state index is 12.2.